The van der Waals surface area contributed by atoms with Crippen LogP contribution in [-0.2, 0) is 9.59 Å². The molecule has 0 aromatic carbocycles. The van der Waals surface area contributed by atoms with E-state index in [9.17, 15) is 9.59 Å². The standard InChI is InChI=1S/C9H16N2O3/c1-6(11(2)5-8(12)13)9(14)10-7-3-4-7/h6-7H,3-5H2,1-2H3,(H,10,14)(H,12,13). The first-order valence-electron chi connectivity index (χ1n) is 4.73. The highest BCUT2D eigenvalue weighted by Gasteiger charge is 2.27. The second-order valence-electron chi connectivity index (χ2n) is 3.77. The number of rotatable bonds is 5. The number of carboxylic acids is 1. The number of hydrogen-bond acceptors (Lipinski definition) is 3. The van der Waals surface area contributed by atoms with Gasteiger partial charge in [-0.2, -0.15) is 0 Å². The molecule has 0 bridgehead atoms. The second kappa shape index (κ2) is 4.41. The summed E-state index contributed by atoms with van der Waals surface area (Å²) in [7, 11) is 1.63. The number of hydrogen-bond donors (Lipinski definition) is 2. The lowest BCUT2D eigenvalue weighted by atomic mass is 10.2. The van der Waals surface area contributed by atoms with Crippen LogP contribution in [0.2, 0.25) is 0 Å². The van der Waals surface area contributed by atoms with Gasteiger partial charge < -0.3 is 10.4 Å². The highest BCUT2D eigenvalue weighted by molar-refractivity contribution is 5.82. The molecule has 0 aliphatic heterocycles. The third kappa shape index (κ3) is 3.33. The lowest BCUT2D eigenvalue weighted by molar-refractivity contribution is -0.139. The highest BCUT2D eigenvalue weighted by Crippen LogP contribution is 2.18. The van der Waals surface area contributed by atoms with E-state index in [4.69, 9.17) is 5.11 Å². The smallest absolute Gasteiger partial charge is 0.317 e. The lowest BCUT2D eigenvalue weighted by Gasteiger charge is -2.21. The number of carbonyl (C=O) groups is 2. The summed E-state index contributed by atoms with van der Waals surface area (Å²) in [6.45, 7) is 1.60. The largest absolute Gasteiger partial charge is 0.480 e. The SMILES string of the molecule is CC(C(=O)NC1CC1)N(C)CC(=O)O. The number of carbonyl (C=O) groups excluding carboxylic acids is 1. The zero-order valence-electron chi connectivity index (χ0n) is 8.49. The van der Waals surface area contributed by atoms with Gasteiger partial charge in [0.2, 0.25) is 5.91 Å². The molecule has 1 unspecified atom stereocenters. The van der Waals surface area contributed by atoms with Crippen LogP contribution < -0.4 is 5.32 Å². The molecule has 0 radical (unpaired) electrons. The van der Waals surface area contributed by atoms with E-state index in [2.05, 4.69) is 5.32 Å². The predicted molar refractivity (Wildman–Crippen MR) is 50.9 cm³/mol. The van der Waals surface area contributed by atoms with Gasteiger partial charge in [0.25, 0.3) is 0 Å². The third-order valence-electron chi connectivity index (χ3n) is 2.35. The van der Waals surface area contributed by atoms with E-state index in [1.165, 1.54) is 4.90 Å². The van der Waals surface area contributed by atoms with Crippen molar-refractivity contribution in [3.8, 4) is 0 Å². The van der Waals surface area contributed by atoms with E-state index in [1.54, 1.807) is 14.0 Å². The fourth-order valence-electron chi connectivity index (χ4n) is 1.10. The Hall–Kier alpha value is -1.10. The Labute approximate surface area is 83.1 Å². The predicted octanol–water partition coefficient (Wildman–Crippen LogP) is -0.330. The molecule has 1 aliphatic carbocycles. The van der Waals surface area contributed by atoms with Gasteiger partial charge in [-0.3, -0.25) is 14.5 Å². The molecule has 5 nitrogen and oxygen atoms in total. The summed E-state index contributed by atoms with van der Waals surface area (Å²) in [6.07, 6.45) is 2.09. The molecule has 1 rings (SSSR count). The van der Waals surface area contributed by atoms with Gasteiger partial charge in [0.15, 0.2) is 0 Å². The van der Waals surface area contributed by atoms with E-state index >= 15 is 0 Å². The molecule has 0 aromatic heterocycles. The number of nitrogens with one attached hydrogen (secondary N) is 1. The number of aliphatic carboxylic acids is 1. The molecule has 0 spiro atoms. The molecule has 5 heteroatoms. The number of nitrogens with zero attached hydrogens (tertiary/aromatic N) is 1. The second-order valence-corrected chi connectivity index (χ2v) is 3.77. The monoisotopic (exact) mass is 200 g/mol. The Morgan fingerprint density at radius 1 is 1.57 bits per heavy atom. The van der Waals surface area contributed by atoms with Gasteiger partial charge in [0.05, 0.1) is 12.6 Å². The number of amides is 1. The normalized spacial score (nSPS) is 17.9. The average Bonchev–Trinajstić information content (AvgIpc) is 2.85. The molecule has 14 heavy (non-hydrogen) atoms. The molecule has 1 atom stereocenters. The van der Waals surface area contributed by atoms with Crippen molar-refractivity contribution in [2.24, 2.45) is 0 Å². The maximum absolute atomic E-state index is 11.5. The van der Waals surface area contributed by atoms with E-state index in [-0.39, 0.29) is 18.5 Å². The molecule has 2 N–H and O–H groups in total. The summed E-state index contributed by atoms with van der Waals surface area (Å²) in [6, 6.07) is -0.0603. The van der Waals surface area contributed by atoms with Crippen molar-refractivity contribution in [1.82, 2.24) is 10.2 Å². The van der Waals surface area contributed by atoms with Crippen LogP contribution in [-0.4, -0.2) is 47.6 Å². The van der Waals surface area contributed by atoms with Crippen molar-refractivity contribution >= 4 is 11.9 Å². The van der Waals surface area contributed by atoms with Crippen molar-refractivity contribution < 1.29 is 14.7 Å². The van der Waals surface area contributed by atoms with Crippen LogP contribution in [0.25, 0.3) is 0 Å². The van der Waals surface area contributed by atoms with Crippen molar-refractivity contribution in [3.05, 3.63) is 0 Å². The zero-order valence-corrected chi connectivity index (χ0v) is 8.49. The fourth-order valence-corrected chi connectivity index (χ4v) is 1.10. The van der Waals surface area contributed by atoms with Crippen LogP contribution in [0.1, 0.15) is 19.8 Å². The van der Waals surface area contributed by atoms with Crippen LogP contribution in [0, 0.1) is 0 Å². The van der Waals surface area contributed by atoms with Crippen molar-refractivity contribution in [3.63, 3.8) is 0 Å². The van der Waals surface area contributed by atoms with Gasteiger partial charge in [-0.1, -0.05) is 0 Å². The van der Waals surface area contributed by atoms with Crippen LogP contribution in [0.3, 0.4) is 0 Å². The molecule has 0 aromatic rings. The summed E-state index contributed by atoms with van der Waals surface area (Å²) in [5.74, 6) is -1.00. The summed E-state index contributed by atoms with van der Waals surface area (Å²) < 4.78 is 0. The maximum atomic E-state index is 11.5. The molecular formula is C9H16N2O3. The molecule has 1 saturated carbocycles. The Kier molecular flexibility index (Phi) is 3.46. The Morgan fingerprint density at radius 3 is 2.57 bits per heavy atom. The topological polar surface area (TPSA) is 69.6 Å². The first kappa shape index (κ1) is 11.0. The first-order chi connectivity index (χ1) is 6.50. The quantitative estimate of drug-likeness (QED) is 0.637. The highest BCUT2D eigenvalue weighted by atomic mass is 16.4. The van der Waals surface area contributed by atoms with Crippen LogP contribution in [0.4, 0.5) is 0 Å². The summed E-state index contributed by atoms with van der Waals surface area (Å²) in [5.41, 5.74) is 0. The van der Waals surface area contributed by atoms with Gasteiger partial charge in [0.1, 0.15) is 0 Å². The van der Waals surface area contributed by atoms with Gasteiger partial charge in [-0.15, -0.1) is 0 Å². The molecule has 1 amide bonds. The maximum Gasteiger partial charge on any atom is 0.317 e. The molecule has 0 saturated heterocycles. The van der Waals surface area contributed by atoms with E-state index in [1.807, 2.05) is 0 Å². The minimum atomic E-state index is -0.918. The van der Waals surface area contributed by atoms with E-state index < -0.39 is 5.97 Å². The van der Waals surface area contributed by atoms with E-state index in [0.29, 0.717) is 6.04 Å². The molecule has 0 heterocycles. The van der Waals surface area contributed by atoms with Crippen LogP contribution in [0.5, 0.6) is 0 Å². The van der Waals surface area contributed by atoms with Crippen molar-refractivity contribution in [1.29, 1.82) is 0 Å². The average molecular weight is 200 g/mol. The molecule has 1 aliphatic rings. The van der Waals surface area contributed by atoms with Crippen LogP contribution in [0.15, 0.2) is 0 Å². The molecule has 80 valence electrons. The minimum Gasteiger partial charge on any atom is -0.480 e. The molecule has 1 fully saturated rings. The van der Waals surface area contributed by atoms with Gasteiger partial charge >= 0.3 is 5.97 Å². The van der Waals surface area contributed by atoms with E-state index in [0.717, 1.165) is 12.8 Å². The third-order valence-corrected chi connectivity index (χ3v) is 2.35. The fraction of sp³-hybridized carbons (Fsp3) is 0.778. The molecular weight excluding hydrogens is 184 g/mol. The van der Waals surface area contributed by atoms with Crippen LogP contribution >= 0.6 is 0 Å². The Morgan fingerprint density at radius 2 is 2.14 bits per heavy atom. The summed E-state index contributed by atoms with van der Waals surface area (Å²) >= 11 is 0. The summed E-state index contributed by atoms with van der Waals surface area (Å²) in [4.78, 5) is 23.4. The first-order valence-corrected chi connectivity index (χ1v) is 4.73. The number of likely N-dealkylation sites (N-methyl/N-ethyl adjacent to an activating group) is 1. The van der Waals surface area contributed by atoms with Gasteiger partial charge in [-0.25, -0.2) is 0 Å². The van der Waals surface area contributed by atoms with Gasteiger partial charge in [-0.05, 0) is 26.8 Å². The number of carboxylic acid groups (broad SMARTS) is 1. The zero-order chi connectivity index (χ0) is 10.7. The van der Waals surface area contributed by atoms with Crippen molar-refractivity contribution in [2.45, 2.75) is 31.8 Å². The van der Waals surface area contributed by atoms with Crippen molar-refractivity contribution in [2.75, 3.05) is 13.6 Å². The summed E-state index contributed by atoms with van der Waals surface area (Å²) in [5, 5.41) is 11.4. The van der Waals surface area contributed by atoms with Gasteiger partial charge in [0, 0.05) is 6.04 Å². The Balaban J connectivity index is 2.33. The lowest BCUT2D eigenvalue weighted by Crippen LogP contribution is -2.45. The Bertz CT molecular complexity index is 238. The minimum absolute atomic E-state index is 0.0868.